The molecule has 3 rings (SSSR count). The van der Waals surface area contributed by atoms with E-state index in [-0.39, 0.29) is 0 Å². The van der Waals surface area contributed by atoms with Gasteiger partial charge in [-0.2, -0.15) is 0 Å². The molecule has 0 aliphatic carbocycles. The van der Waals surface area contributed by atoms with Crippen molar-refractivity contribution in [1.82, 2.24) is 5.10 Å². The van der Waals surface area contributed by atoms with Crippen LogP contribution >= 0.6 is 0 Å². The van der Waals surface area contributed by atoms with Gasteiger partial charge >= 0.3 is 0 Å². The quantitative estimate of drug-likeness (QED) is 0.761. The van der Waals surface area contributed by atoms with Gasteiger partial charge in [-0.05, 0) is 5.56 Å². The van der Waals surface area contributed by atoms with E-state index in [0.29, 0.717) is 0 Å². The van der Waals surface area contributed by atoms with Crippen LogP contribution in [0.15, 0.2) is 71.8 Å². The van der Waals surface area contributed by atoms with Crippen molar-refractivity contribution in [3.63, 3.8) is 0 Å². The molecule has 0 spiro atoms. The number of benzene rings is 2. The van der Waals surface area contributed by atoms with Gasteiger partial charge in [0.1, 0.15) is 0 Å². The normalized spacial score (nSPS) is 14.0. The predicted molar refractivity (Wildman–Crippen MR) is 75.6 cm³/mol. The van der Waals surface area contributed by atoms with E-state index in [9.17, 15) is 0 Å². The first-order valence-corrected chi connectivity index (χ1v) is 5.88. The fourth-order valence-electron chi connectivity index (χ4n) is 1.99. The standard InChI is InChI=1S/C16H12N2/c1-3-7-13(8-4-1)15-11-12-17-18-16(15)14-9-5-2-6-10-14/h1-12H/q+1. The lowest BCUT2D eigenvalue weighted by atomic mass is 9.95. The highest BCUT2D eigenvalue weighted by molar-refractivity contribution is 6.34. The molecule has 2 aromatic rings. The van der Waals surface area contributed by atoms with Crippen LogP contribution in [-0.4, -0.2) is 11.9 Å². The molecule has 0 unspecified atom stereocenters. The van der Waals surface area contributed by atoms with E-state index in [4.69, 9.17) is 0 Å². The molecule has 0 fully saturated rings. The lowest BCUT2D eigenvalue weighted by Crippen LogP contribution is -2.10. The second-order valence-electron chi connectivity index (χ2n) is 4.03. The molecule has 18 heavy (non-hydrogen) atoms. The van der Waals surface area contributed by atoms with Crippen molar-refractivity contribution in [2.24, 2.45) is 5.10 Å². The van der Waals surface area contributed by atoms with Crippen LogP contribution in [0, 0.1) is 0 Å². The van der Waals surface area contributed by atoms with Crippen LogP contribution in [0.4, 0.5) is 0 Å². The molecule has 0 atom stereocenters. The molecule has 2 nitrogen and oxygen atoms in total. The summed E-state index contributed by atoms with van der Waals surface area (Å²) in [4.78, 5) is 0. The van der Waals surface area contributed by atoms with Crippen LogP contribution in [0.2, 0.25) is 0 Å². The first-order chi connectivity index (χ1) is 8.95. The first-order valence-electron chi connectivity index (χ1n) is 5.88. The Bertz CT molecular complexity index is 565. The zero-order valence-corrected chi connectivity index (χ0v) is 9.82. The van der Waals surface area contributed by atoms with Crippen molar-refractivity contribution in [2.45, 2.75) is 0 Å². The van der Waals surface area contributed by atoms with Crippen molar-refractivity contribution in [3.8, 4) is 0 Å². The first kappa shape index (κ1) is 10.7. The third-order valence-corrected chi connectivity index (χ3v) is 2.85. The fourth-order valence-corrected chi connectivity index (χ4v) is 1.99. The summed E-state index contributed by atoms with van der Waals surface area (Å²) in [7, 11) is 0. The summed E-state index contributed by atoms with van der Waals surface area (Å²) < 4.78 is 0. The van der Waals surface area contributed by atoms with E-state index in [1.165, 1.54) is 0 Å². The van der Waals surface area contributed by atoms with E-state index in [1.54, 1.807) is 6.21 Å². The number of hydrogen-bond acceptors (Lipinski definition) is 2. The molecule has 2 heteroatoms. The van der Waals surface area contributed by atoms with Crippen molar-refractivity contribution < 1.29 is 0 Å². The van der Waals surface area contributed by atoms with Crippen molar-refractivity contribution in [1.29, 1.82) is 0 Å². The van der Waals surface area contributed by atoms with E-state index in [2.05, 4.69) is 34.5 Å². The third-order valence-electron chi connectivity index (χ3n) is 2.85. The van der Waals surface area contributed by atoms with Crippen LogP contribution < -0.4 is 5.10 Å². The van der Waals surface area contributed by atoms with Gasteiger partial charge in [0.15, 0.2) is 5.71 Å². The topological polar surface area (TPSA) is 26.5 Å². The number of allylic oxidation sites excluding steroid dienone is 2. The summed E-state index contributed by atoms with van der Waals surface area (Å²) in [6.07, 6.45) is 3.74. The zero-order chi connectivity index (χ0) is 12.2. The van der Waals surface area contributed by atoms with Gasteiger partial charge < -0.3 is 0 Å². The Morgan fingerprint density at radius 1 is 0.722 bits per heavy atom. The molecule has 1 aliphatic heterocycles. The van der Waals surface area contributed by atoms with Gasteiger partial charge in [0.2, 0.25) is 5.10 Å². The monoisotopic (exact) mass is 232 g/mol. The van der Waals surface area contributed by atoms with Gasteiger partial charge in [0.25, 0.3) is 6.21 Å². The van der Waals surface area contributed by atoms with Crippen LogP contribution in [0.25, 0.3) is 5.57 Å². The molecular formula is C16H12N2+. The maximum atomic E-state index is 4.28. The highest BCUT2D eigenvalue weighted by Crippen LogP contribution is 2.21. The van der Waals surface area contributed by atoms with Crippen molar-refractivity contribution in [2.75, 3.05) is 0 Å². The van der Waals surface area contributed by atoms with Crippen LogP contribution in [0.3, 0.4) is 0 Å². The summed E-state index contributed by atoms with van der Waals surface area (Å²) in [6.45, 7) is 0. The lowest BCUT2D eigenvalue weighted by Gasteiger charge is -2.08. The maximum Gasteiger partial charge on any atom is 0.278 e. The Morgan fingerprint density at radius 3 is 2.00 bits per heavy atom. The van der Waals surface area contributed by atoms with Gasteiger partial charge in [-0.1, -0.05) is 60.7 Å². The Morgan fingerprint density at radius 2 is 1.33 bits per heavy atom. The summed E-state index contributed by atoms with van der Waals surface area (Å²) in [6, 6.07) is 20.4. The molecule has 1 aliphatic rings. The highest BCUT2D eigenvalue weighted by Gasteiger charge is 2.18. The minimum atomic E-state index is 0.921. The van der Waals surface area contributed by atoms with Gasteiger partial charge in [-0.3, -0.25) is 0 Å². The minimum Gasteiger partial charge on any atom is -0.0622 e. The molecule has 0 amide bonds. The van der Waals surface area contributed by atoms with Crippen LogP contribution in [-0.2, 0) is 0 Å². The molecule has 1 radical (unpaired) electrons. The number of rotatable bonds is 2. The van der Waals surface area contributed by atoms with E-state index in [0.717, 1.165) is 22.4 Å². The summed E-state index contributed by atoms with van der Waals surface area (Å²) in [5, 5.41) is 8.27. The Balaban J connectivity index is 2.08. The van der Waals surface area contributed by atoms with Gasteiger partial charge in [-0.25, -0.2) is 0 Å². The van der Waals surface area contributed by atoms with Crippen molar-refractivity contribution >= 4 is 17.5 Å². The predicted octanol–water partition coefficient (Wildman–Crippen LogP) is 2.89. The minimum absolute atomic E-state index is 0.921. The third kappa shape index (κ3) is 2.00. The second kappa shape index (κ2) is 4.80. The molecule has 0 saturated carbocycles. The zero-order valence-electron chi connectivity index (χ0n) is 9.82. The van der Waals surface area contributed by atoms with Gasteiger partial charge in [-0.15, -0.1) is 0 Å². The summed E-state index contributed by atoms with van der Waals surface area (Å²) in [5.74, 6) is 0. The molecule has 1 heterocycles. The highest BCUT2D eigenvalue weighted by atomic mass is 15.2. The molecule has 0 bridgehead atoms. The summed E-state index contributed by atoms with van der Waals surface area (Å²) >= 11 is 0. The van der Waals surface area contributed by atoms with Crippen LogP contribution in [0.5, 0.6) is 0 Å². The maximum absolute atomic E-state index is 4.28. The molecular weight excluding hydrogens is 220 g/mol. The van der Waals surface area contributed by atoms with Gasteiger partial charge in [0, 0.05) is 17.2 Å². The summed E-state index contributed by atoms with van der Waals surface area (Å²) in [5.41, 5.74) is 4.27. The smallest absolute Gasteiger partial charge is 0.0622 e. The average Bonchev–Trinajstić information content (AvgIpc) is 2.49. The second-order valence-corrected chi connectivity index (χ2v) is 4.03. The van der Waals surface area contributed by atoms with Crippen molar-refractivity contribution in [3.05, 3.63) is 77.9 Å². The largest absolute Gasteiger partial charge is 0.278 e. The molecule has 0 N–H and O–H groups in total. The molecule has 85 valence electrons. The van der Waals surface area contributed by atoms with E-state index >= 15 is 0 Å². The number of hydrogen-bond donors (Lipinski definition) is 0. The van der Waals surface area contributed by atoms with Gasteiger partial charge in [0.05, 0.1) is 5.10 Å². The SMILES string of the molecule is C1=[N+]N=C(c2ccccc2)C(c2ccccc2)=C1. The van der Waals surface area contributed by atoms with E-state index < -0.39 is 0 Å². The molecule has 0 aromatic heterocycles. The number of nitrogens with zero attached hydrogens (tertiary/aromatic N) is 2. The molecule has 2 aromatic carbocycles. The molecule has 0 saturated heterocycles. The van der Waals surface area contributed by atoms with Crippen LogP contribution in [0.1, 0.15) is 11.1 Å². The lowest BCUT2D eigenvalue weighted by molar-refractivity contribution is 1.11. The van der Waals surface area contributed by atoms with E-state index in [1.807, 2.05) is 42.5 Å². The Hall–Kier alpha value is -2.48. The average molecular weight is 232 g/mol. The Labute approximate surface area is 106 Å². The Kier molecular flexibility index (Phi) is 2.84. The fraction of sp³-hybridized carbons (Fsp3) is 0.